The van der Waals surface area contributed by atoms with Gasteiger partial charge in [-0.1, -0.05) is 39.5 Å². The SMILES string of the molecule is CCCNC(c1sccc1CC)C1CCCCCC1. The molecule has 108 valence electrons. The Morgan fingerprint density at radius 3 is 2.58 bits per heavy atom. The van der Waals surface area contributed by atoms with Crippen LogP contribution in [0.4, 0.5) is 0 Å². The van der Waals surface area contributed by atoms with Gasteiger partial charge in [-0.3, -0.25) is 0 Å². The summed E-state index contributed by atoms with van der Waals surface area (Å²) in [4.78, 5) is 1.63. The van der Waals surface area contributed by atoms with E-state index in [1.54, 1.807) is 10.4 Å². The van der Waals surface area contributed by atoms with Crippen LogP contribution in [0.5, 0.6) is 0 Å². The lowest BCUT2D eigenvalue weighted by Gasteiger charge is -2.27. The number of hydrogen-bond donors (Lipinski definition) is 1. The summed E-state index contributed by atoms with van der Waals surface area (Å²) in [5.74, 6) is 0.859. The summed E-state index contributed by atoms with van der Waals surface area (Å²) in [6.45, 7) is 5.71. The standard InChI is InChI=1S/C17H29NS/c1-3-12-18-16(15-9-7-5-6-8-10-15)17-14(4-2)11-13-19-17/h11,13,15-16,18H,3-10,12H2,1-2H3. The van der Waals surface area contributed by atoms with Crippen LogP contribution < -0.4 is 5.32 Å². The third kappa shape index (κ3) is 4.06. The predicted molar refractivity (Wildman–Crippen MR) is 85.9 cm³/mol. The Morgan fingerprint density at radius 2 is 1.95 bits per heavy atom. The van der Waals surface area contributed by atoms with Gasteiger partial charge in [-0.05, 0) is 55.2 Å². The van der Waals surface area contributed by atoms with Crippen LogP contribution in [0, 0.1) is 5.92 Å². The van der Waals surface area contributed by atoms with Gasteiger partial charge >= 0.3 is 0 Å². The average Bonchev–Trinajstić information content (AvgIpc) is 2.74. The Labute approximate surface area is 122 Å². The Kier molecular flexibility index (Phi) is 6.39. The van der Waals surface area contributed by atoms with Crippen molar-refractivity contribution in [1.29, 1.82) is 0 Å². The predicted octanol–water partition coefficient (Wildman–Crippen LogP) is 5.32. The molecule has 1 saturated carbocycles. The molecule has 1 atom stereocenters. The highest BCUT2D eigenvalue weighted by atomic mass is 32.1. The van der Waals surface area contributed by atoms with Gasteiger partial charge in [0.25, 0.3) is 0 Å². The van der Waals surface area contributed by atoms with E-state index in [4.69, 9.17) is 0 Å². The first kappa shape index (κ1) is 15.1. The molecule has 0 aromatic carbocycles. The number of nitrogens with one attached hydrogen (secondary N) is 1. The third-order valence-corrected chi connectivity index (χ3v) is 5.47. The average molecular weight is 279 g/mol. The Balaban J connectivity index is 2.14. The summed E-state index contributed by atoms with van der Waals surface area (Å²) in [6, 6.07) is 2.95. The van der Waals surface area contributed by atoms with E-state index in [9.17, 15) is 0 Å². The van der Waals surface area contributed by atoms with Crippen molar-refractivity contribution in [2.75, 3.05) is 6.54 Å². The fraction of sp³-hybridized carbons (Fsp3) is 0.765. The molecule has 1 fully saturated rings. The second-order valence-corrected chi connectivity index (χ2v) is 6.79. The van der Waals surface area contributed by atoms with Crippen molar-refractivity contribution in [2.24, 2.45) is 5.92 Å². The van der Waals surface area contributed by atoms with Crippen molar-refractivity contribution < 1.29 is 0 Å². The molecule has 1 aliphatic carbocycles. The summed E-state index contributed by atoms with van der Waals surface area (Å²) in [5, 5.41) is 6.14. The number of aryl methyl sites for hydroxylation is 1. The quantitative estimate of drug-likeness (QED) is 0.695. The molecule has 1 N–H and O–H groups in total. The minimum atomic E-state index is 0.619. The highest BCUT2D eigenvalue weighted by Gasteiger charge is 2.26. The van der Waals surface area contributed by atoms with E-state index < -0.39 is 0 Å². The highest BCUT2D eigenvalue weighted by molar-refractivity contribution is 7.10. The van der Waals surface area contributed by atoms with Gasteiger partial charge in [-0.15, -0.1) is 11.3 Å². The molecule has 1 nitrogen and oxygen atoms in total. The molecule has 1 aromatic heterocycles. The highest BCUT2D eigenvalue weighted by Crippen LogP contribution is 2.37. The number of rotatable bonds is 6. The molecule has 1 aliphatic rings. The van der Waals surface area contributed by atoms with E-state index >= 15 is 0 Å². The molecule has 0 radical (unpaired) electrons. The Hall–Kier alpha value is -0.340. The summed E-state index contributed by atoms with van der Waals surface area (Å²) in [6.07, 6.45) is 11.0. The lowest BCUT2D eigenvalue weighted by Crippen LogP contribution is -2.29. The van der Waals surface area contributed by atoms with Gasteiger partial charge in [0.2, 0.25) is 0 Å². The van der Waals surface area contributed by atoms with Crippen LogP contribution in [0.1, 0.15) is 75.3 Å². The van der Waals surface area contributed by atoms with Gasteiger partial charge in [-0.25, -0.2) is 0 Å². The minimum Gasteiger partial charge on any atom is -0.309 e. The van der Waals surface area contributed by atoms with Crippen LogP contribution in [0.3, 0.4) is 0 Å². The topological polar surface area (TPSA) is 12.0 Å². The summed E-state index contributed by atoms with van der Waals surface area (Å²) < 4.78 is 0. The zero-order valence-electron chi connectivity index (χ0n) is 12.6. The van der Waals surface area contributed by atoms with Crippen LogP contribution in [0.25, 0.3) is 0 Å². The molecule has 1 aromatic rings. The van der Waals surface area contributed by atoms with Crippen molar-refractivity contribution >= 4 is 11.3 Å². The molecule has 0 bridgehead atoms. The molecule has 1 heterocycles. The molecule has 1 unspecified atom stereocenters. The normalized spacial score (nSPS) is 19.3. The molecule has 0 amide bonds. The fourth-order valence-electron chi connectivity index (χ4n) is 3.33. The lowest BCUT2D eigenvalue weighted by atomic mass is 9.89. The first-order chi connectivity index (χ1) is 9.36. The van der Waals surface area contributed by atoms with Gasteiger partial charge in [0, 0.05) is 10.9 Å². The van der Waals surface area contributed by atoms with E-state index in [0.717, 1.165) is 12.5 Å². The van der Waals surface area contributed by atoms with Crippen LogP contribution in [0.2, 0.25) is 0 Å². The van der Waals surface area contributed by atoms with Crippen molar-refractivity contribution in [3.8, 4) is 0 Å². The monoisotopic (exact) mass is 279 g/mol. The molecule has 2 heteroatoms. The van der Waals surface area contributed by atoms with Crippen LogP contribution in [-0.2, 0) is 6.42 Å². The largest absolute Gasteiger partial charge is 0.309 e. The second kappa shape index (κ2) is 8.06. The minimum absolute atomic E-state index is 0.619. The van der Waals surface area contributed by atoms with E-state index in [0.29, 0.717) is 6.04 Å². The van der Waals surface area contributed by atoms with E-state index in [1.807, 2.05) is 11.3 Å². The molecule has 19 heavy (non-hydrogen) atoms. The maximum atomic E-state index is 3.85. The van der Waals surface area contributed by atoms with Gasteiger partial charge in [0.1, 0.15) is 0 Å². The summed E-state index contributed by atoms with van der Waals surface area (Å²) in [7, 11) is 0. The third-order valence-electron chi connectivity index (χ3n) is 4.43. The van der Waals surface area contributed by atoms with Crippen molar-refractivity contribution in [2.45, 2.75) is 71.3 Å². The Morgan fingerprint density at radius 1 is 1.21 bits per heavy atom. The fourth-order valence-corrected chi connectivity index (χ4v) is 4.50. The number of hydrogen-bond acceptors (Lipinski definition) is 2. The maximum Gasteiger partial charge on any atom is 0.0446 e. The maximum absolute atomic E-state index is 3.85. The summed E-state index contributed by atoms with van der Waals surface area (Å²) in [5.41, 5.74) is 1.57. The molecular weight excluding hydrogens is 250 g/mol. The van der Waals surface area contributed by atoms with E-state index in [-0.39, 0.29) is 0 Å². The van der Waals surface area contributed by atoms with Gasteiger partial charge in [0.05, 0.1) is 0 Å². The lowest BCUT2D eigenvalue weighted by molar-refractivity contribution is 0.328. The van der Waals surface area contributed by atoms with Crippen molar-refractivity contribution in [3.05, 3.63) is 21.9 Å². The van der Waals surface area contributed by atoms with Crippen molar-refractivity contribution in [3.63, 3.8) is 0 Å². The summed E-state index contributed by atoms with van der Waals surface area (Å²) >= 11 is 1.97. The van der Waals surface area contributed by atoms with Crippen LogP contribution in [-0.4, -0.2) is 6.54 Å². The zero-order valence-corrected chi connectivity index (χ0v) is 13.4. The van der Waals surface area contributed by atoms with E-state index in [1.165, 1.54) is 51.4 Å². The molecule has 0 saturated heterocycles. The molecule has 0 aliphatic heterocycles. The zero-order chi connectivity index (χ0) is 13.5. The molecule has 0 spiro atoms. The smallest absolute Gasteiger partial charge is 0.0446 e. The van der Waals surface area contributed by atoms with Crippen LogP contribution >= 0.6 is 11.3 Å². The van der Waals surface area contributed by atoms with Crippen LogP contribution in [0.15, 0.2) is 11.4 Å². The molecule has 2 rings (SSSR count). The van der Waals surface area contributed by atoms with E-state index in [2.05, 4.69) is 30.6 Å². The number of thiophene rings is 1. The Bertz CT molecular complexity index is 350. The van der Waals surface area contributed by atoms with Gasteiger partial charge in [-0.2, -0.15) is 0 Å². The molecular formula is C17H29NS. The second-order valence-electron chi connectivity index (χ2n) is 5.85. The first-order valence-corrected chi connectivity index (χ1v) is 9.04. The van der Waals surface area contributed by atoms with Crippen molar-refractivity contribution in [1.82, 2.24) is 5.32 Å². The van der Waals surface area contributed by atoms with Gasteiger partial charge < -0.3 is 5.32 Å². The first-order valence-electron chi connectivity index (χ1n) is 8.16. The van der Waals surface area contributed by atoms with Gasteiger partial charge in [0.15, 0.2) is 0 Å².